The van der Waals surface area contributed by atoms with Gasteiger partial charge in [-0.2, -0.15) is 0 Å². The summed E-state index contributed by atoms with van der Waals surface area (Å²) < 4.78 is 25.5. The summed E-state index contributed by atoms with van der Waals surface area (Å²) in [6.45, 7) is 7.62. The third-order valence-electron chi connectivity index (χ3n) is 6.35. The summed E-state index contributed by atoms with van der Waals surface area (Å²) in [5.74, 6) is 0.292. The quantitative estimate of drug-likeness (QED) is 0.358. The van der Waals surface area contributed by atoms with Gasteiger partial charge in [0.1, 0.15) is 17.3 Å². The van der Waals surface area contributed by atoms with Crippen molar-refractivity contribution in [2.45, 2.75) is 39.3 Å². The van der Waals surface area contributed by atoms with Crippen molar-refractivity contribution >= 4 is 11.7 Å². The smallest absolute Gasteiger partial charge is 0.335 e. The highest BCUT2D eigenvalue weighted by atomic mass is 19.1. The zero-order chi connectivity index (χ0) is 25.5. The van der Waals surface area contributed by atoms with Gasteiger partial charge in [0.2, 0.25) is 0 Å². The van der Waals surface area contributed by atoms with E-state index in [2.05, 4.69) is 22.3 Å². The number of piperidine rings is 1. The molecule has 0 aliphatic carbocycles. The van der Waals surface area contributed by atoms with E-state index < -0.39 is 5.97 Å². The van der Waals surface area contributed by atoms with Gasteiger partial charge in [0.05, 0.1) is 24.3 Å². The topological polar surface area (TPSA) is 71.0 Å². The highest BCUT2D eigenvalue weighted by Crippen LogP contribution is 2.40. The zero-order valence-electron chi connectivity index (χ0n) is 20.8. The van der Waals surface area contributed by atoms with Gasteiger partial charge in [-0.3, -0.25) is 4.90 Å². The lowest BCUT2D eigenvalue weighted by Crippen LogP contribution is -2.38. The van der Waals surface area contributed by atoms with Gasteiger partial charge < -0.3 is 19.9 Å². The summed E-state index contributed by atoms with van der Waals surface area (Å²) in [5, 5.41) is 12.6. The summed E-state index contributed by atoms with van der Waals surface area (Å²) in [5.41, 5.74) is 4.05. The molecule has 0 saturated carbocycles. The Bertz CT molecular complexity index is 1130. The van der Waals surface area contributed by atoms with Crippen molar-refractivity contribution in [1.82, 2.24) is 4.90 Å². The largest absolute Gasteiger partial charge is 0.493 e. The molecule has 6 nitrogen and oxygen atoms in total. The first-order valence-electron chi connectivity index (χ1n) is 12.5. The van der Waals surface area contributed by atoms with E-state index in [1.807, 2.05) is 26.0 Å². The minimum Gasteiger partial charge on any atom is -0.493 e. The third kappa shape index (κ3) is 6.34. The lowest BCUT2D eigenvalue weighted by molar-refractivity contribution is 0.0697. The number of anilines is 1. The Balaban J connectivity index is 1.44. The number of hydrogen-bond acceptors (Lipinski definition) is 5. The van der Waals surface area contributed by atoms with Crippen LogP contribution in [0.5, 0.6) is 11.5 Å². The molecule has 2 N–H and O–H groups in total. The average molecular weight is 493 g/mol. The predicted octanol–water partition coefficient (Wildman–Crippen LogP) is 6.06. The fourth-order valence-corrected chi connectivity index (χ4v) is 4.61. The maximum atomic E-state index is 13.5. The van der Waals surface area contributed by atoms with Crippen LogP contribution in [-0.2, 0) is 6.54 Å². The fourth-order valence-electron chi connectivity index (χ4n) is 4.61. The lowest BCUT2D eigenvalue weighted by atomic mass is 9.99. The number of likely N-dealkylation sites (tertiary alicyclic amines) is 1. The molecule has 1 aliphatic rings. The second kappa shape index (κ2) is 11.9. The Hall–Kier alpha value is -3.58. The maximum Gasteiger partial charge on any atom is 0.335 e. The van der Waals surface area contributed by atoms with E-state index in [0.29, 0.717) is 24.8 Å². The van der Waals surface area contributed by atoms with Crippen molar-refractivity contribution < 1.29 is 23.8 Å². The standard InChI is InChI=1S/C29H33FN2O4/c1-3-35-26-17-20(18-27(36-4-2)28(26)21-5-9-23(30)10-6-21)19-32-15-13-25(14-16-32)31-24-11-7-22(8-12-24)29(33)34/h5-12,17-18,25,31H,3-4,13-16,19H2,1-2H3,(H,33,34). The van der Waals surface area contributed by atoms with Crippen LogP contribution in [0.15, 0.2) is 60.7 Å². The highest BCUT2D eigenvalue weighted by Gasteiger charge is 2.21. The molecule has 1 aliphatic heterocycles. The second-order valence-electron chi connectivity index (χ2n) is 8.92. The SMILES string of the molecule is CCOc1cc(CN2CCC(Nc3ccc(C(=O)O)cc3)CC2)cc(OCC)c1-c1ccc(F)cc1. The molecule has 1 fully saturated rings. The molecule has 0 aromatic heterocycles. The Morgan fingerprint density at radius 1 is 0.972 bits per heavy atom. The van der Waals surface area contributed by atoms with Gasteiger partial charge in [0, 0.05) is 31.4 Å². The number of nitrogens with zero attached hydrogens (tertiary/aromatic N) is 1. The molecule has 0 amide bonds. The summed E-state index contributed by atoms with van der Waals surface area (Å²) in [6, 6.07) is 17.8. The normalized spacial score (nSPS) is 14.4. The predicted molar refractivity (Wildman–Crippen MR) is 139 cm³/mol. The summed E-state index contributed by atoms with van der Waals surface area (Å²) in [6.07, 6.45) is 1.98. The Kier molecular flexibility index (Phi) is 8.44. The fraction of sp³-hybridized carbons (Fsp3) is 0.345. The molecule has 3 aromatic carbocycles. The second-order valence-corrected chi connectivity index (χ2v) is 8.92. The van der Waals surface area contributed by atoms with Gasteiger partial charge in [-0.15, -0.1) is 0 Å². The molecule has 0 atom stereocenters. The van der Waals surface area contributed by atoms with Crippen LogP contribution in [-0.4, -0.2) is 48.3 Å². The molecular formula is C29H33FN2O4. The first kappa shape index (κ1) is 25.5. The zero-order valence-corrected chi connectivity index (χ0v) is 20.8. The Morgan fingerprint density at radius 2 is 1.56 bits per heavy atom. The molecule has 4 rings (SSSR count). The van der Waals surface area contributed by atoms with Crippen molar-refractivity contribution in [2.75, 3.05) is 31.6 Å². The summed E-state index contributed by atoms with van der Waals surface area (Å²) >= 11 is 0. The van der Waals surface area contributed by atoms with E-state index in [-0.39, 0.29) is 5.82 Å². The molecule has 3 aromatic rings. The van der Waals surface area contributed by atoms with Crippen LogP contribution in [0, 0.1) is 5.82 Å². The number of ether oxygens (including phenoxy) is 2. The van der Waals surface area contributed by atoms with Gasteiger partial charge in [0.15, 0.2) is 0 Å². The van der Waals surface area contributed by atoms with E-state index in [4.69, 9.17) is 14.6 Å². The van der Waals surface area contributed by atoms with Crippen molar-refractivity contribution in [3.05, 3.63) is 77.6 Å². The highest BCUT2D eigenvalue weighted by molar-refractivity contribution is 5.88. The first-order valence-corrected chi connectivity index (χ1v) is 12.5. The van der Waals surface area contributed by atoms with Gasteiger partial charge in [0.25, 0.3) is 0 Å². The number of halogens is 1. The minimum atomic E-state index is -0.916. The van der Waals surface area contributed by atoms with Crippen molar-refractivity contribution in [2.24, 2.45) is 0 Å². The van der Waals surface area contributed by atoms with E-state index >= 15 is 0 Å². The van der Waals surface area contributed by atoms with Crippen LogP contribution in [0.4, 0.5) is 10.1 Å². The Labute approximate surface area is 211 Å². The number of carbonyl (C=O) groups is 1. The van der Waals surface area contributed by atoms with Crippen LogP contribution < -0.4 is 14.8 Å². The average Bonchev–Trinajstić information content (AvgIpc) is 2.87. The van der Waals surface area contributed by atoms with Crippen molar-refractivity contribution in [3.8, 4) is 22.6 Å². The number of aromatic carboxylic acids is 1. The van der Waals surface area contributed by atoms with Crippen LogP contribution in [0.25, 0.3) is 11.1 Å². The summed E-state index contributed by atoms with van der Waals surface area (Å²) in [7, 11) is 0. The van der Waals surface area contributed by atoms with Crippen LogP contribution in [0.1, 0.15) is 42.6 Å². The van der Waals surface area contributed by atoms with Crippen LogP contribution in [0.3, 0.4) is 0 Å². The molecule has 7 heteroatoms. The van der Waals surface area contributed by atoms with E-state index in [9.17, 15) is 9.18 Å². The first-order chi connectivity index (χ1) is 17.5. The molecule has 0 bridgehead atoms. The minimum absolute atomic E-state index is 0.276. The van der Waals surface area contributed by atoms with E-state index in [1.54, 1.807) is 24.3 Å². The molecule has 0 unspecified atom stereocenters. The number of benzene rings is 3. The molecule has 1 heterocycles. The van der Waals surface area contributed by atoms with E-state index in [1.165, 1.54) is 12.1 Å². The maximum absolute atomic E-state index is 13.5. The summed E-state index contributed by atoms with van der Waals surface area (Å²) in [4.78, 5) is 13.5. The number of carboxylic acids is 1. The Morgan fingerprint density at radius 3 is 2.08 bits per heavy atom. The number of carboxylic acid groups (broad SMARTS) is 1. The van der Waals surface area contributed by atoms with Crippen LogP contribution in [0.2, 0.25) is 0 Å². The molecule has 190 valence electrons. The number of rotatable bonds is 10. The lowest BCUT2D eigenvalue weighted by Gasteiger charge is -2.33. The molecule has 1 saturated heterocycles. The molecule has 36 heavy (non-hydrogen) atoms. The van der Waals surface area contributed by atoms with E-state index in [0.717, 1.165) is 66.4 Å². The van der Waals surface area contributed by atoms with Crippen molar-refractivity contribution in [1.29, 1.82) is 0 Å². The van der Waals surface area contributed by atoms with Gasteiger partial charge in [-0.25, -0.2) is 9.18 Å². The molecule has 0 spiro atoms. The molecule has 0 radical (unpaired) electrons. The monoisotopic (exact) mass is 492 g/mol. The van der Waals surface area contributed by atoms with Crippen molar-refractivity contribution in [3.63, 3.8) is 0 Å². The number of nitrogens with one attached hydrogen (secondary N) is 1. The van der Waals surface area contributed by atoms with Gasteiger partial charge in [-0.05, 0) is 86.3 Å². The van der Waals surface area contributed by atoms with Crippen LogP contribution >= 0.6 is 0 Å². The number of hydrogen-bond donors (Lipinski definition) is 2. The molecular weight excluding hydrogens is 459 g/mol. The van der Waals surface area contributed by atoms with Gasteiger partial charge >= 0.3 is 5.97 Å². The van der Waals surface area contributed by atoms with Gasteiger partial charge in [-0.1, -0.05) is 12.1 Å². The third-order valence-corrected chi connectivity index (χ3v) is 6.35.